The number of rotatable bonds is 6. The first-order valence-corrected chi connectivity index (χ1v) is 10.1. The van der Waals surface area contributed by atoms with Crippen LogP contribution in [0.2, 0.25) is 0 Å². The third kappa shape index (κ3) is 3.84. The fraction of sp³-hybridized carbons (Fsp3) is 0.308. The smallest absolute Gasteiger partial charge is 0.0602 e. The number of benzene rings is 3. The molecule has 1 unspecified atom stereocenters. The number of likely N-dealkylation sites (tertiary alicyclic amines) is 1. The first kappa shape index (κ1) is 18.0. The van der Waals surface area contributed by atoms with Gasteiger partial charge in [-0.05, 0) is 34.4 Å². The second-order valence-electron chi connectivity index (χ2n) is 8.12. The van der Waals surface area contributed by atoms with E-state index in [1.807, 2.05) is 0 Å². The van der Waals surface area contributed by atoms with E-state index in [4.69, 9.17) is 0 Å². The van der Waals surface area contributed by atoms with E-state index < -0.39 is 0 Å². The van der Waals surface area contributed by atoms with Gasteiger partial charge in [0.15, 0.2) is 0 Å². The van der Waals surface area contributed by atoms with Gasteiger partial charge < -0.3 is 0 Å². The molecule has 0 spiro atoms. The lowest BCUT2D eigenvalue weighted by molar-refractivity contribution is 0.0412. The summed E-state index contributed by atoms with van der Waals surface area (Å²) in [4.78, 5) is 2.65. The van der Waals surface area contributed by atoms with Crippen molar-refractivity contribution in [2.75, 3.05) is 13.1 Å². The Balaban J connectivity index is 1.56. The Bertz CT molecular complexity index is 780. The van der Waals surface area contributed by atoms with E-state index in [0.29, 0.717) is 17.9 Å². The minimum Gasteiger partial charge on any atom is -0.292 e. The Morgan fingerprint density at radius 3 is 1.44 bits per heavy atom. The fourth-order valence-corrected chi connectivity index (χ4v) is 4.75. The summed E-state index contributed by atoms with van der Waals surface area (Å²) in [5.74, 6) is 2.02. The molecule has 1 aliphatic rings. The molecule has 1 nitrogen and oxygen atoms in total. The zero-order chi connectivity index (χ0) is 18.6. The van der Waals surface area contributed by atoms with Crippen LogP contribution in [0.25, 0.3) is 0 Å². The predicted octanol–water partition coefficient (Wildman–Crippen LogP) is 6.15. The SMILES string of the molecule is CC(C)C(c1ccccc1)C1CN(C(c2ccccc2)c2ccccc2)C1. The molecule has 1 saturated heterocycles. The summed E-state index contributed by atoms with van der Waals surface area (Å²) in [7, 11) is 0. The Kier molecular flexibility index (Phi) is 5.40. The molecule has 4 rings (SSSR count). The van der Waals surface area contributed by atoms with Gasteiger partial charge in [-0.3, -0.25) is 4.90 Å². The van der Waals surface area contributed by atoms with Gasteiger partial charge in [0, 0.05) is 13.1 Å². The Labute approximate surface area is 163 Å². The van der Waals surface area contributed by atoms with Crippen LogP contribution in [0.3, 0.4) is 0 Å². The summed E-state index contributed by atoms with van der Waals surface area (Å²) in [6.45, 7) is 7.05. The number of nitrogens with zero attached hydrogens (tertiary/aromatic N) is 1. The molecular weight excluding hydrogens is 326 g/mol. The monoisotopic (exact) mass is 355 g/mol. The van der Waals surface area contributed by atoms with Gasteiger partial charge in [-0.25, -0.2) is 0 Å². The molecule has 0 radical (unpaired) electrons. The summed E-state index contributed by atoms with van der Waals surface area (Å²) in [5, 5.41) is 0. The van der Waals surface area contributed by atoms with E-state index in [-0.39, 0.29) is 0 Å². The van der Waals surface area contributed by atoms with Crippen molar-refractivity contribution in [3.63, 3.8) is 0 Å². The molecule has 27 heavy (non-hydrogen) atoms. The van der Waals surface area contributed by atoms with Crippen molar-refractivity contribution in [1.29, 1.82) is 0 Å². The molecule has 0 aliphatic carbocycles. The van der Waals surface area contributed by atoms with Crippen LogP contribution in [0.5, 0.6) is 0 Å². The van der Waals surface area contributed by atoms with Gasteiger partial charge in [0.2, 0.25) is 0 Å². The molecule has 0 bridgehead atoms. The maximum atomic E-state index is 2.65. The Hall–Kier alpha value is -2.38. The first-order chi connectivity index (χ1) is 13.2. The summed E-state index contributed by atoms with van der Waals surface area (Å²) >= 11 is 0. The minimum atomic E-state index is 0.354. The van der Waals surface area contributed by atoms with Crippen molar-refractivity contribution in [3.8, 4) is 0 Å². The molecule has 0 amide bonds. The van der Waals surface area contributed by atoms with Gasteiger partial charge in [0.1, 0.15) is 0 Å². The molecule has 1 fully saturated rings. The Morgan fingerprint density at radius 2 is 1.04 bits per heavy atom. The molecule has 1 atom stereocenters. The van der Waals surface area contributed by atoms with Crippen LogP contribution in [0, 0.1) is 11.8 Å². The van der Waals surface area contributed by atoms with E-state index in [9.17, 15) is 0 Å². The zero-order valence-corrected chi connectivity index (χ0v) is 16.3. The molecule has 3 aromatic rings. The molecular formula is C26H29N. The molecule has 138 valence electrons. The minimum absolute atomic E-state index is 0.354. The van der Waals surface area contributed by atoms with E-state index in [0.717, 1.165) is 19.0 Å². The van der Waals surface area contributed by atoms with E-state index >= 15 is 0 Å². The van der Waals surface area contributed by atoms with Crippen LogP contribution in [0.4, 0.5) is 0 Å². The summed E-state index contributed by atoms with van der Waals surface area (Å²) in [5.41, 5.74) is 4.28. The highest BCUT2D eigenvalue weighted by Gasteiger charge is 2.39. The fourth-order valence-electron chi connectivity index (χ4n) is 4.75. The standard InChI is InChI=1S/C26H29N/c1-20(2)25(21-12-6-3-7-13-21)24-18-27(19-24)26(22-14-8-4-9-15-22)23-16-10-5-11-17-23/h3-17,20,24-26H,18-19H2,1-2H3. The van der Waals surface area contributed by atoms with E-state index in [2.05, 4.69) is 110 Å². The average Bonchev–Trinajstić information content (AvgIpc) is 2.68. The van der Waals surface area contributed by atoms with Crippen LogP contribution < -0.4 is 0 Å². The highest BCUT2D eigenvalue weighted by Crippen LogP contribution is 2.42. The normalized spacial score (nSPS) is 16.4. The zero-order valence-electron chi connectivity index (χ0n) is 16.3. The molecule has 3 aromatic carbocycles. The summed E-state index contributed by atoms with van der Waals surface area (Å²) in [6.07, 6.45) is 0. The van der Waals surface area contributed by atoms with Crippen LogP contribution in [0.1, 0.15) is 42.5 Å². The topological polar surface area (TPSA) is 3.24 Å². The molecule has 1 heterocycles. The average molecular weight is 356 g/mol. The van der Waals surface area contributed by atoms with Crippen molar-refractivity contribution >= 4 is 0 Å². The third-order valence-corrected chi connectivity index (χ3v) is 5.94. The van der Waals surface area contributed by atoms with Crippen LogP contribution >= 0.6 is 0 Å². The first-order valence-electron chi connectivity index (χ1n) is 10.1. The van der Waals surface area contributed by atoms with Gasteiger partial charge in [-0.2, -0.15) is 0 Å². The lowest BCUT2D eigenvalue weighted by atomic mass is 9.73. The third-order valence-electron chi connectivity index (χ3n) is 5.94. The van der Waals surface area contributed by atoms with Crippen molar-refractivity contribution in [2.24, 2.45) is 11.8 Å². The quantitative estimate of drug-likeness (QED) is 0.513. The van der Waals surface area contributed by atoms with Crippen molar-refractivity contribution in [2.45, 2.75) is 25.8 Å². The van der Waals surface area contributed by atoms with Gasteiger partial charge in [-0.15, -0.1) is 0 Å². The van der Waals surface area contributed by atoms with Gasteiger partial charge in [0.25, 0.3) is 0 Å². The maximum Gasteiger partial charge on any atom is 0.0602 e. The predicted molar refractivity (Wildman–Crippen MR) is 114 cm³/mol. The van der Waals surface area contributed by atoms with Crippen molar-refractivity contribution in [3.05, 3.63) is 108 Å². The molecule has 0 N–H and O–H groups in total. The maximum absolute atomic E-state index is 2.65. The number of hydrogen-bond donors (Lipinski definition) is 0. The van der Waals surface area contributed by atoms with Crippen molar-refractivity contribution in [1.82, 2.24) is 4.90 Å². The van der Waals surface area contributed by atoms with Gasteiger partial charge >= 0.3 is 0 Å². The van der Waals surface area contributed by atoms with Crippen LogP contribution in [0.15, 0.2) is 91.0 Å². The summed E-state index contributed by atoms with van der Waals surface area (Å²) in [6, 6.07) is 33.3. The summed E-state index contributed by atoms with van der Waals surface area (Å²) < 4.78 is 0. The highest BCUT2D eigenvalue weighted by molar-refractivity contribution is 5.33. The molecule has 1 heteroatoms. The van der Waals surface area contributed by atoms with Crippen LogP contribution in [-0.2, 0) is 0 Å². The molecule has 0 aromatic heterocycles. The second-order valence-corrected chi connectivity index (χ2v) is 8.12. The lowest BCUT2D eigenvalue weighted by Gasteiger charge is -2.49. The highest BCUT2D eigenvalue weighted by atomic mass is 15.2. The Morgan fingerprint density at radius 1 is 0.630 bits per heavy atom. The number of hydrogen-bond acceptors (Lipinski definition) is 1. The van der Waals surface area contributed by atoms with Crippen molar-refractivity contribution < 1.29 is 0 Å². The molecule has 0 saturated carbocycles. The molecule has 1 aliphatic heterocycles. The van der Waals surface area contributed by atoms with E-state index in [1.165, 1.54) is 16.7 Å². The van der Waals surface area contributed by atoms with E-state index in [1.54, 1.807) is 0 Å². The largest absolute Gasteiger partial charge is 0.292 e. The second kappa shape index (κ2) is 8.10. The van der Waals surface area contributed by atoms with Gasteiger partial charge in [-0.1, -0.05) is 105 Å². The van der Waals surface area contributed by atoms with Gasteiger partial charge in [0.05, 0.1) is 6.04 Å². The lowest BCUT2D eigenvalue weighted by Crippen LogP contribution is -2.51. The van der Waals surface area contributed by atoms with Crippen LogP contribution in [-0.4, -0.2) is 18.0 Å².